The summed E-state index contributed by atoms with van der Waals surface area (Å²) in [6, 6.07) is 1.42. The molecule has 100 valence electrons. The van der Waals surface area contributed by atoms with Crippen molar-refractivity contribution < 1.29 is 9.90 Å². The van der Waals surface area contributed by atoms with Crippen LogP contribution in [0.2, 0.25) is 5.02 Å². The Balaban J connectivity index is 3.06. The molecule has 0 aromatic carbocycles. The molecule has 0 amide bonds. The molecule has 1 aromatic heterocycles. The lowest BCUT2D eigenvalue weighted by molar-refractivity contribution is 0.0697. The largest absolute Gasteiger partial charge is 0.478 e. The van der Waals surface area contributed by atoms with E-state index in [1.54, 1.807) is 0 Å². The highest BCUT2D eigenvalue weighted by Crippen LogP contribution is 2.27. The van der Waals surface area contributed by atoms with Gasteiger partial charge in [-0.15, -0.1) is 0 Å². The first-order valence-electron chi connectivity index (χ1n) is 6.13. The quantitative estimate of drug-likeness (QED) is 0.862. The first-order valence-corrected chi connectivity index (χ1v) is 6.51. The van der Waals surface area contributed by atoms with Crippen LogP contribution < -0.4 is 4.90 Å². The molecule has 1 heterocycles. The van der Waals surface area contributed by atoms with E-state index in [2.05, 4.69) is 18.8 Å². The van der Waals surface area contributed by atoms with Crippen LogP contribution in [-0.4, -0.2) is 29.1 Å². The van der Waals surface area contributed by atoms with Crippen molar-refractivity contribution in [2.24, 2.45) is 5.92 Å². The number of halogens is 1. The van der Waals surface area contributed by atoms with E-state index < -0.39 is 5.97 Å². The van der Waals surface area contributed by atoms with Gasteiger partial charge < -0.3 is 10.0 Å². The van der Waals surface area contributed by atoms with Crippen LogP contribution in [0.25, 0.3) is 0 Å². The van der Waals surface area contributed by atoms with E-state index in [9.17, 15) is 4.79 Å². The van der Waals surface area contributed by atoms with Crippen LogP contribution in [0.5, 0.6) is 0 Å². The van der Waals surface area contributed by atoms with Gasteiger partial charge in [-0.25, -0.2) is 9.78 Å². The van der Waals surface area contributed by atoms with Gasteiger partial charge in [0, 0.05) is 19.3 Å². The number of anilines is 1. The molecule has 4 nitrogen and oxygen atoms in total. The van der Waals surface area contributed by atoms with Gasteiger partial charge in [0.1, 0.15) is 5.82 Å². The molecule has 0 aliphatic carbocycles. The normalized spacial score (nSPS) is 12.2. The SMILES string of the molecule is CCC(C)CN(CC)c1nccc(C(=O)O)c1Cl. The standard InChI is InChI=1S/C13H19ClN2O2/c1-4-9(3)8-16(5-2)12-11(14)10(13(17)18)6-7-15-12/h6-7,9H,4-5,8H2,1-3H3,(H,17,18). The monoisotopic (exact) mass is 270 g/mol. The topological polar surface area (TPSA) is 53.4 Å². The van der Waals surface area contributed by atoms with E-state index in [4.69, 9.17) is 16.7 Å². The van der Waals surface area contributed by atoms with Crippen molar-refractivity contribution in [3.63, 3.8) is 0 Å². The van der Waals surface area contributed by atoms with Gasteiger partial charge in [-0.05, 0) is 18.9 Å². The third kappa shape index (κ3) is 3.35. The Kier molecular flexibility index (Phi) is 5.41. The fourth-order valence-electron chi connectivity index (χ4n) is 1.69. The Morgan fingerprint density at radius 3 is 2.72 bits per heavy atom. The molecule has 0 aliphatic rings. The molecule has 1 rings (SSSR count). The molecule has 1 N–H and O–H groups in total. The average molecular weight is 271 g/mol. The maximum absolute atomic E-state index is 11.0. The van der Waals surface area contributed by atoms with Crippen LogP contribution in [0.3, 0.4) is 0 Å². The van der Waals surface area contributed by atoms with Gasteiger partial charge in [0.25, 0.3) is 0 Å². The Morgan fingerprint density at radius 1 is 1.56 bits per heavy atom. The number of aromatic nitrogens is 1. The van der Waals surface area contributed by atoms with Crippen molar-refractivity contribution in [3.05, 3.63) is 22.8 Å². The summed E-state index contributed by atoms with van der Waals surface area (Å²) >= 11 is 6.12. The zero-order valence-electron chi connectivity index (χ0n) is 11.0. The number of hydrogen-bond acceptors (Lipinski definition) is 3. The molecule has 0 saturated carbocycles. The minimum absolute atomic E-state index is 0.101. The number of rotatable bonds is 6. The number of carbonyl (C=O) groups is 1. The summed E-state index contributed by atoms with van der Waals surface area (Å²) in [5.74, 6) is 0.0407. The van der Waals surface area contributed by atoms with Crippen molar-refractivity contribution in [3.8, 4) is 0 Å². The molecule has 0 spiro atoms. The molecular weight excluding hydrogens is 252 g/mol. The first-order chi connectivity index (χ1) is 8.51. The number of pyridine rings is 1. The van der Waals surface area contributed by atoms with E-state index >= 15 is 0 Å². The zero-order valence-corrected chi connectivity index (χ0v) is 11.7. The summed E-state index contributed by atoms with van der Waals surface area (Å²) in [5, 5.41) is 9.26. The third-order valence-corrected chi connectivity index (χ3v) is 3.38. The van der Waals surface area contributed by atoms with Crippen LogP contribution in [0.4, 0.5) is 5.82 Å². The summed E-state index contributed by atoms with van der Waals surface area (Å²) < 4.78 is 0. The van der Waals surface area contributed by atoms with E-state index in [1.807, 2.05) is 11.8 Å². The summed E-state index contributed by atoms with van der Waals surface area (Å²) in [7, 11) is 0. The third-order valence-electron chi connectivity index (χ3n) is 3.01. The number of carboxylic acid groups (broad SMARTS) is 1. The average Bonchev–Trinajstić information content (AvgIpc) is 2.35. The highest BCUT2D eigenvalue weighted by Gasteiger charge is 2.18. The van der Waals surface area contributed by atoms with Gasteiger partial charge >= 0.3 is 5.97 Å². The predicted octanol–water partition coefficient (Wildman–Crippen LogP) is 3.31. The fraction of sp³-hybridized carbons (Fsp3) is 0.538. The first kappa shape index (κ1) is 14.8. The minimum atomic E-state index is -1.02. The lowest BCUT2D eigenvalue weighted by Gasteiger charge is -2.26. The van der Waals surface area contributed by atoms with Crippen LogP contribution in [0.15, 0.2) is 12.3 Å². The molecule has 5 heteroatoms. The number of aromatic carboxylic acids is 1. The maximum Gasteiger partial charge on any atom is 0.337 e. The van der Waals surface area contributed by atoms with Crippen molar-refractivity contribution in [2.45, 2.75) is 27.2 Å². The fourth-order valence-corrected chi connectivity index (χ4v) is 2.00. The smallest absolute Gasteiger partial charge is 0.337 e. The van der Waals surface area contributed by atoms with Gasteiger partial charge in [0.2, 0.25) is 0 Å². The lowest BCUT2D eigenvalue weighted by atomic mass is 10.1. The van der Waals surface area contributed by atoms with E-state index in [0.717, 1.165) is 19.5 Å². The molecule has 18 heavy (non-hydrogen) atoms. The lowest BCUT2D eigenvalue weighted by Crippen LogP contribution is -2.29. The van der Waals surface area contributed by atoms with Gasteiger partial charge in [0.05, 0.1) is 10.6 Å². The van der Waals surface area contributed by atoms with E-state index in [0.29, 0.717) is 11.7 Å². The van der Waals surface area contributed by atoms with Crippen LogP contribution in [0, 0.1) is 5.92 Å². The second-order valence-electron chi connectivity index (χ2n) is 4.35. The van der Waals surface area contributed by atoms with Crippen LogP contribution >= 0.6 is 11.6 Å². The molecule has 1 aromatic rings. The van der Waals surface area contributed by atoms with Crippen molar-refractivity contribution in [2.75, 3.05) is 18.0 Å². The van der Waals surface area contributed by atoms with Gasteiger partial charge in [-0.3, -0.25) is 0 Å². The van der Waals surface area contributed by atoms with E-state index in [-0.39, 0.29) is 10.6 Å². The molecule has 1 atom stereocenters. The molecule has 0 aliphatic heterocycles. The summed E-state index contributed by atoms with van der Waals surface area (Å²) in [6.07, 6.45) is 2.55. The Morgan fingerprint density at radius 2 is 2.22 bits per heavy atom. The van der Waals surface area contributed by atoms with Gasteiger partial charge in [0.15, 0.2) is 0 Å². The van der Waals surface area contributed by atoms with E-state index in [1.165, 1.54) is 12.3 Å². The molecular formula is C13H19ClN2O2. The molecule has 0 radical (unpaired) electrons. The Bertz CT molecular complexity index is 423. The molecule has 0 bridgehead atoms. The van der Waals surface area contributed by atoms with Crippen molar-refractivity contribution in [1.82, 2.24) is 4.98 Å². The molecule has 0 fully saturated rings. The zero-order chi connectivity index (χ0) is 13.7. The number of nitrogens with zero attached hydrogens (tertiary/aromatic N) is 2. The molecule has 1 unspecified atom stereocenters. The van der Waals surface area contributed by atoms with Gasteiger partial charge in [-0.1, -0.05) is 31.9 Å². The number of carboxylic acids is 1. The number of hydrogen-bond donors (Lipinski definition) is 1. The predicted molar refractivity (Wildman–Crippen MR) is 73.5 cm³/mol. The van der Waals surface area contributed by atoms with Crippen molar-refractivity contribution >= 4 is 23.4 Å². The van der Waals surface area contributed by atoms with Crippen LogP contribution in [0.1, 0.15) is 37.6 Å². The Hall–Kier alpha value is -1.29. The Labute approximate surface area is 113 Å². The molecule has 0 saturated heterocycles. The highest BCUT2D eigenvalue weighted by molar-refractivity contribution is 6.35. The minimum Gasteiger partial charge on any atom is -0.478 e. The van der Waals surface area contributed by atoms with Crippen LogP contribution in [-0.2, 0) is 0 Å². The second kappa shape index (κ2) is 6.59. The summed E-state index contributed by atoms with van der Waals surface area (Å²) in [5.41, 5.74) is 0.101. The second-order valence-corrected chi connectivity index (χ2v) is 4.73. The van der Waals surface area contributed by atoms with Crippen molar-refractivity contribution in [1.29, 1.82) is 0 Å². The maximum atomic E-state index is 11.0. The summed E-state index contributed by atoms with van der Waals surface area (Å²) in [6.45, 7) is 7.86. The van der Waals surface area contributed by atoms with Gasteiger partial charge in [-0.2, -0.15) is 0 Å². The summed E-state index contributed by atoms with van der Waals surface area (Å²) in [4.78, 5) is 17.3. The highest BCUT2D eigenvalue weighted by atomic mass is 35.5.